The number of hydrogen-bond acceptors (Lipinski definition) is 4. The van der Waals surface area contributed by atoms with Gasteiger partial charge in [0.05, 0.1) is 24.8 Å². The van der Waals surface area contributed by atoms with Crippen LogP contribution in [0.15, 0.2) is 53.9 Å². The Kier molecular flexibility index (Phi) is 5.05. The van der Waals surface area contributed by atoms with Gasteiger partial charge in [-0.15, -0.1) is 0 Å². The first-order chi connectivity index (χ1) is 11.6. The molecule has 0 saturated carbocycles. The van der Waals surface area contributed by atoms with E-state index in [1.807, 2.05) is 47.3 Å². The van der Waals surface area contributed by atoms with Gasteiger partial charge in [0, 0.05) is 24.9 Å². The molecule has 0 bridgehead atoms. The lowest BCUT2D eigenvalue weighted by molar-refractivity contribution is -0.129. The maximum absolute atomic E-state index is 12.4. The van der Waals surface area contributed by atoms with Gasteiger partial charge in [0.1, 0.15) is 0 Å². The lowest BCUT2D eigenvalue weighted by atomic mass is 10.1. The molecule has 1 aliphatic rings. The zero-order valence-electron chi connectivity index (χ0n) is 14.1. The topological polar surface area (TPSA) is 62.5 Å². The molecule has 0 aliphatic carbocycles. The van der Waals surface area contributed by atoms with E-state index >= 15 is 0 Å². The SMILES string of the molecule is CC(NCC(=O)N1CCC(c2ccccc2)=N1)C(C)n1cccn1. The van der Waals surface area contributed by atoms with Crippen molar-refractivity contribution in [3.05, 3.63) is 54.4 Å². The van der Waals surface area contributed by atoms with E-state index in [9.17, 15) is 4.79 Å². The van der Waals surface area contributed by atoms with Crippen LogP contribution >= 0.6 is 0 Å². The molecule has 3 rings (SSSR count). The predicted molar refractivity (Wildman–Crippen MR) is 93.7 cm³/mol. The molecule has 2 unspecified atom stereocenters. The quantitative estimate of drug-likeness (QED) is 0.884. The molecular weight excluding hydrogens is 302 g/mol. The van der Waals surface area contributed by atoms with Gasteiger partial charge in [-0.2, -0.15) is 10.2 Å². The molecule has 1 amide bonds. The molecule has 0 saturated heterocycles. The monoisotopic (exact) mass is 325 g/mol. The van der Waals surface area contributed by atoms with Crippen LogP contribution in [0.2, 0.25) is 0 Å². The fourth-order valence-electron chi connectivity index (χ4n) is 2.73. The van der Waals surface area contributed by atoms with E-state index in [1.54, 1.807) is 11.2 Å². The third-order valence-electron chi connectivity index (χ3n) is 4.44. The van der Waals surface area contributed by atoms with Crippen LogP contribution in [0.25, 0.3) is 0 Å². The van der Waals surface area contributed by atoms with E-state index in [0.29, 0.717) is 6.54 Å². The Labute approximate surface area is 142 Å². The molecule has 126 valence electrons. The van der Waals surface area contributed by atoms with Crippen LogP contribution in [-0.4, -0.2) is 45.5 Å². The van der Waals surface area contributed by atoms with E-state index in [2.05, 4.69) is 29.4 Å². The fourth-order valence-corrected chi connectivity index (χ4v) is 2.73. The molecule has 1 aromatic carbocycles. The summed E-state index contributed by atoms with van der Waals surface area (Å²) in [5, 5.41) is 13.6. The summed E-state index contributed by atoms with van der Waals surface area (Å²) in [7, 11) is 0. The smallest absolute Gasteiger partial charge is 0.256 e. The summed E-state index contributed by atoms with van der Waals surface area (Å²) in [5.41, 5.74) is 2.06. The summed E-state index contributed by atoms with van der Waals surface area (Å²) in [4.78, 5) is 12.4. The van der Waals surface area contributed by atoms with Gasteiger partial charge in [-0.05, 0) is 25.5 Å². The third-order valence-corrected chi connectivity index (χ3v) is 4.44. The van der Waals surface area contributed by atoms with Gasteiger partial charge < -0.3 is 5.32 Å². The van der Waals surface area contributed by atoms with Crippen molar-refractivity contribution in [3.63, 3.8) is 0 Å². The number of carbonyl (C=O) groups is 1. The summed E-state index contributed by atoms with van der Waals surface area (Å²) >= 11 is 0. The molecule has 24 heavy (non-hydrogen) atoms. The van der Waals surface area contributed by atoms with Crippen LogP contribution < -0.4 is 5.32 Å². The number of nitrogens with zero attached hydrogens (tertiary/aromatic N) is 4. The Morgan fingerprint density at radius 3 is 2.75 bits per heavy atom. The van der Waals surface area contributed by atoms with Gasteiger partial charge in [-0.1, -0.05) is 30.3 Å². The third kappa shape index (κ3) is 3.71. The van der Waals surface area contributed by atoms with Gasteiger partial charge >= 0.3 is 0 Å². The summed E-state index contributed by atoms with van der Waals surface area (Å²) in [6.07, 6.45) is 4.50. The standard InChI is InChI=1S/C18H23N5O/c1-14(15(2)22-11-6-10-20-22)19-13-18(24)23-12-9-17(21-23)16-7-4-3-5-8-16/h3-8,10-11,14-15,19H,9,12-13H2,1-2H3. The van der Waals surface area contributed by atoms with Crippen molar-refractivity contribution in [2.24, 2.45) is 5.10 Å². The number of carbonyl (C=O) groups excluding carboxylic acids is 1. The van der Waals surface area contributed by atoms with Crippen molar-refractivity contribution in [2.75, 3.05) is 13.1 Å². The van der Waals surface area contributed by atoms with E-state index in [0.717, 1.165) is 17.7 Å². The maximum Gasteiger partial charge on any atom is 0.256 e. The average Bonchev–Trinajstić information content (AvgIpc) is 3.31. The molecular formula is C18H23N5O. The molecule has 2 aromatic rings. The van der Waals surface area contributed by atoms with E-state index < -0.39 is 0 Å². The second-order valence-corrected chi connectivity index (χ2v) is 6.08. The van der Waals surface area contributed by atoms with Gasteiger partial charge in [0.15, 0.2) is 0 Å². The molecule has 1 aliphatic heterocycles. The molecule has 2 atom stereocenters. The van der Waals surface area contributed by atoms with Crippen LogP contribution in [0.5, 0.6) is 0 Å². The first-order valence-corrected chi connectivity index (χ1v) is 8.31. The van der Waals surface area contributed by atoms with Gasteiger partial charge in [-0.3, -0.25) is 9.48 Å². The second-order valence-electron chi connectivity index (χ2n) is 6.08. The zero-order valence-corrected chi connectivity index (χ0v) is 14.1. The van der Waals surface area contributed by atoms with Crippen molar-refractivity contribution in [2.45, 2.75) is 32.4 Å². The Bertz CT molecular complexity index is 695. The molecule has 0 spiro atoms. The van der Waals surface area contributed by atoms with Gasteiger partial charge in [0.25, 0.3) is 5.91 Å². The number of benzene rings is 1. The van der Waals surface area contributed by atoms with Crippen LogP contribution in [0.3, 0.4) is 0 Å². The Hall–Kier alpha value is -2.47. The van der Waals surface area contributed by atoms with Crippen LogP contribution in [-0.2, 0) is 4.79 Å². The average molecular weight is 325 g/mol. The lowest BCUT2D eigenvalue weighted by Crippen LogP contribution is -2.41. The Morgan fingerprint density at radius 2 is 2.04 bits per heavy atom. The zero-order chi connectivity index (χ0) is 16.9. The van der Waals surface area contributed by atoms with Crippen molar-refractivity contribution >= 4 is 11.6 Å². The van der Waals surface area contributed by atoms with Crippen molar-refractivity contribution in [1.82, 2.24) is 20.1 Å². The van der Waals surface area contributed by atoms with E-state index in [1.165, 1.54) is 0 Å². The maximum atomic E-state index is 12.4. The highest BCUT2D eigenvalue weighted by Gasteiger charge is 2.22. The first kappa shape index (κ1) is 16.4. The largest absolute Gasteiger partial charge is 0.304 e. The summed E-state index contributed by atoms with van der Waals surface area (Å²) in [5.74, 6) is 0.000413. The summed E-state index contributed by atoms with van der Waals surface area (Å²) < 4.78 is 1.89. The highest BCUT2D eigenvalue weighted by molar-refractivity contribution is 6.02. The molecule has 0 fully saturated rings. The number of nitrogens with one attached hydrogen (secondary N) is 1. The minimum Gasteiger partial charge on any atom is -0.304 e. The fraction of sp³-hybridized carbons (Fsp3) is 0.389. The number of hydrogen-bond donors (Lipinski definition) is 1. The predicted octanol–water partition coefficient (Wildman–Crippen LogP) is 2.06. The Balaban J connectivity index is 1.53. The van der Waals surface area contributed by atoms with Crippen molar-refractivity contribution in [1.29, 1.82) is 0 Å². The molecule has 6 heteroatoms. The second kappa shape index (κ2) is 7.40. The van der Waals surface area contributed by atoms with E-state index in [-0.39, 0.29) is 24.5 Å². The minimum absolute atomic E-state index is 0.000413. The normalized spacial score (nSPS) is 16.8. The highest BCUT2D eigenvalue weighted by Crippen LogP contribution is 2.14. The molecule has 6 nitrogen and oxygen atoms in total. The summed E-state index contributed by atoms with van der Waals surface area (Å²) in [6.45, 7) is 5.06. The Morgan fingerprint density at radius 1 is 1.25 bits per heavy atom. The summed E-state index contributed by atoms with van der Waals surface area (Å²) in [6, 6.07) is 12.2. The van der Waals surface area contributed by atoms with Crippen molar-refractivity contribution in [3.8, 4) is 0 Å². The van der Waals surface area contributed by atoms with Crippen LogP contribution in [0, 0.1) is 0 Å². The molecule has 1 aromatic heterocycles. The molecule has 1 N–H and O–H groups in total. The number of aromatic nitrogens is 2. The van der Waals surface area contributed by atoms with Gasteiger partial charge in [0.2, 0.25) is 0 Å². The number of rotatable bonds is 6. The van der Waals surface area contributed by atoms with Crippen LogP contribution in [0.1, 0.15) is 31.9 Å². The number of hydrazone groups is 1. The number of amides is 1. The van der Waals surface area contributed by atoms with Crippen LogP contribution in [0.4, 0.5) is 0 Å². The minimum atomic E-state index is 0.000413. The lowest BCUT2D eigenvalue weighted by Gasteiger charge is -2.22. The molecule has 0 radical (unpaired) electrons. The highest BCUT2D eigenvalue weighted by atomic mass is 16.2. The van der Waals surface area contributed by atoms with Crippen molar-refractivity contribution < 1.29 is 4.79 Å². The molecule has 2 heterocycles. The van der Waals surface area contributed by atoms with Gasteiger partial charge in [-0.25, -0.2) is 5.01 Å². The first-order valence-electron chi connectivity index (χ1n) is 8.31. The van der Waals surface area contributed by atoms with E-state index in [4.69, 9.17) is 0 Å².